The molecule has 0 aromatic rings. The molecule has 0 radical (unpaired) electrons. The Balaban J connectivity index is 4.03. The van der Waals surface area contributed by atoms with Crippen LogP contribution >= 0.6 is 0 Å². The monoisotopic (exact) mass is 155 g/mol. The van der Waals surface area contributed by atoms with E-state index in [-0.39, 0.29) is 0 Å². The molecule has 0 aliphatic rings. The number of hydroxylamine groups is 1. The van der Waals surface area contributed by atoms with Gasteiger partial charge in [0.05, 0.1) is 0 Å². The molecule has 11 heavy (non-hydrogen) atoms. The molecule has 0 atom stereocenters. The van der Waals surface area contributed by atoms with Crippen molar-refractivity contribution in [3.63, 3.8) is 0 Å². The molecule has 0 aromatic heterocycles. The Hall–Kier alpha value is -1.29. The molecule has 0 aromatic carbocycles. The van der Waals surface area contributed by atoms with Crippen LogP contribution in [0.4, 0.5) is 0 Å². The van der Waals surface area contributed by atoms with Gasteiger partial charge in [0.2, 0.25) is 0 Å². The predicted molar refractivity (Wildman–Crippen MR) is 45.0 cm³/mol. The van der Waals surface area contributed by atoms with Crippen LogP contribution in [0.2, 0.25) is 0 Å². The van der Waals surface area contributed by atoms with Gasteiger partial charge in [-0.15, -0.1) is 0 Å². The van der Waals surface area contributed by atoms with Crippen LogP contribution in [-0.2, 0) is 4.84 Å². The molecule has 4 N–H and O–H groups in total. The van der Waals surface area contributed by atoms with Crippen molar-refractivity contribution in [2.45, 2.75) is 6.92 Å². The maximum absolute atomic E-state index is 6.87. The van der Waals surface area contributed by atoms with Gasteiger partial charge in [-0.05, 0) is 18.6 Å². The van der Waals surface area contributed by atoms with Crippen molar-refractivity contribution in [2.75, 3.05) is 7.05 Å². The summed E-state index contributed by atoms with van der Waals surface area (Å²) in [7, 11) is 1.65. The average Bonchev–Trinajstić information content (AvgIpc) is 2.03. The first-order valence-corrected chi connectivity index (χ1v) is 3.18. The molecule has 0 spiro atoms. The minimum atomic E-state index is 0.523. The molecule has 62 valence electrons. The summed E-state index contributed by atoms with van der Waals surface area (Å²) in [5, 5.41) is 6.87. The van der Waals surface area contributed by atoms with Crippen molar-refractivity contribution >= 4 is 6.21 Å². The Morgan fingerprint density at radius 1 is 1.64 bits per heavy atom. The average molecular weight is 155 g/mol. The minimum absolute atomic E-state index is 0.523. The van der Waals surface area contributed by atoms with Crippen LogP contribution in [0.1, 0.15) is 6.92 Å². The summed E-state index contributed by atoms with van der Waals surface area (Å²) < 4.78 is 0. The van der Waals surface area contributed by atoms with Crippen LogP contribution < -0.4 is 11.2 Å². The van der Waals surface area contributed by atoms with Gasteiger partial charge < -0.3 is 16.0 Å². The topological polar surface area (TPSA) is 71.1 Å². The second-order valence-electron chi connectivity index (χ2n) is 1.91. The van der Waals surface area contributed by atoms with Crippen LogP contribution in [0.25, 0.3) is 0 Å². The number of nitrogens with one attached hydrogen (secondary N) is 2. The van der Waals surface area contributed by atoms with E-state index in [0.717, 1.165) is 0 Å². The van der Waals surface area contributed by atoms with Gasteiger partial charge in [-0.3, -0.25) is 0 Å². The molecular weight excluding hydrogens is 142 g/mol. The van der Waals surface area contributed by atoms with Crippen LogP contribution in [0.15, 0.2) is 23.6 Å². The van der Waals surface area contributed by atoms with Crippen molar-refractivity contribution in [1.29, 1.82) is 5.41 Å². The molecular formula is C7H13N3O. The molecule has 4 nitrogen and oxygen atoms in total. The Kier molecular flexibility index (Phi) is 4.85. The molecule has 0 aliphatic carbocycles. The van der Waals surface area contributed by atoms with Crippen LogP contribution in [0, 0.1) is 5.41 Å². The quantitative estimate of drug-likeness (QED) is 0.240. The lowest BCUT2D eigenvalue weighted by atomic mass is 10.2. The van der Waals surface area contributed by atoms with Gasteiger partial charge in [-0.25, -0.2) is 0 Å². The van der Waals surface area contributed by atoms with E-state index < -0.39 is 0 Å². The van der Waals surface area contributed by atoms with Gasteiger partial charge in [-0.2, -0.15) is 5.48 Å². The third kappa shape index (κ3) is 4.16. The zero-order valence-corrected chi connectivity index (χ0v) is 6.72. The first-order chi connectivity index (χ1) is 5.22. The molecule has 0 bridgehead atoms. The molecule has 0 heterocycles. The van der Waals surface area contributed by atoms with E-state index in [0.29, 0.717) is 11.3 Å². The Labute approximate surface area is 66.2 Å². The highest BCUT2D eigenvalue weighted by atomic mass is 16.6. The number of hydrogen-bond acceptors (Lipinski definition) is 4. The van der Waals surface area contributed by atoms with Crippen molar-refractivity contribution in [1.82, 2.24) is 5.48 Å². The smallest absolute Gasteiger partial charge is 0.113 e. The number of allylic oxidation sites excluding steroid dienone is 2. The first-order valence-electron chi connectivity index (χ1n) is 3.18. The number of rotatable bonds is 4. The fourth-order valence-corrected chi connectivity index (χ4v) is 0.390. The standard InChI is InChI=1S/C7H13N3O/c1-6(5-8)7(9)3-4-11-10-2/h3-5,8,10H,9H2,1-2H3/b4-3+,7-6?,8-5?. The summed E-state index contributed by atoms with van der Waals surface area (Å²) in [5.41, 5.74) is 9.19. The third-order valence-electron chi connectivity index (χ3n) is 1.11. The van der Waals surface area contributed by atoms with Crippen LogP contribution in [0.3, 0.4) is 0 Å². The largest absolute Gasteiger partial charge is 0.417 e. The van der Waals surface area contributed by atoms with Crippen molar-refractivity contribution < 1.29 is 4.84 Å². The summed E-state index contributed by atoms with van der Waals surface area (Å²) in [6, 6.07) is 0. The highest BCUT2D eigenvalue weighted by Crippen LogP contribution is 1.94. The van der Waals surface area contributed by atoms with Gasteiger partial charge in [0.1, 0.15) is 6.26 Å². The van der Waals surface area contributed by atoms with Crippen LogP contribution in [0.5, 0.6) is 0 Å². The molecule has 0 amide bonds. The number of nitrogens with two attached hydrogens (primary N) is 1. The first kappa shape index (κ1) is 9.71. The molecule has 0 saturated heterocycles. The van der Waals surface area contributed by atoms with Crippen molar-refractivity contribution in [3.8, 4) is 0 Å². The van der Waals surface area contributed by atoms with E-state index in [2.05, 4.69) is 10.3 Å². The summed E-state index contributed by atoms with van der Waals surface area (Å²) in [6.45, 7) is 1.76. The Morgan fingerprint density at radius 2 is 2.27 bits per heavy atom. The number of hydrogen-bond donors (Lipinski definition) is 3. The summed E-state index contributed by atoms with van der Waals surface area (Å²) in [5.74, 6) is 0. The van der Waals surface area contributed by atoms with Gasteiger partial charge in [0.15, 0.2) is 0 Å². The van der Waals surface area contributed by atoms with Crippen molar-refractivity contribution in [2.24, 2.45) is 5.73 Å². The second-order valence-corrected chi connectivity index (χ2v) is 1.91. The van der Waals surface area contributed by atoms with E-state index in [1.54, 1.807) is 20.0 Å². The lowest BCUT2D eigenvalue weighted by Crippen LogP contribution is -2.02. The zero-order valence-electron chi connectivity index (χ0n) is 6.72. The molecule has 0 rings (SSSR count). The summed E-state index contributed by atoms with van der Waals surface area (Å²) in [4.78, 5) is 4.68. The molecule has 4 heteroatoms. The maximum Gasteiger partial charge on any atom is 0.113 e. The molecule has 0 saturated carbocycles. The predicted octanol–water partition coefficient (Wildman–Crippen LogP) is 0.533. The fourth-order valence-electron chi connectivity index (χ4n) is 0.390. The van der Waals surface area contributed by atoms with E-state index in [9.17, 15) is 0 Å². The SMILES string of the molecule is CNO/C=C/C(N)=C(C)C=N. The van der Waals surface area contributed by atoms with Crippen molar-refractivity contribution in [3.05, 3.63) is 23.6 Å². The van der Waals surface area contributed by atoms with E-state index >= 15 is 0 Å². The second kappa shape index (κ2) is 5.49. The molecule has 0 aliphatic heterocycles. The zero-order chi connectivity index (χ0) is 8.69. The maximum atomic E-state index is 6.87. The Morgan fingerprint density at radius 3 is 2.73 bits per heavy atom. The molecule has 0 unspecified atom stereocenters. The normalized spacial score (nSPS) is 12.9. The van der Waals surface area contributed by atoms with Crippen LogP contribution in [-0.4, -0.2) is 13.3 Å². The van der Waals surface area contributed by atoms with Gasteiger partial charge in [0.25, 0.3) is 0 Å². The van der Waals surface area contributed by atoms with Gasteiger partial charge in [0, 0.05) is 19.0 Å². The molecule has 0 fully saturated rings. The van der Waals surface area contributed by atoms with E-state index in [4.69, 9.17) is 11.1 Å². The fraction of sp³-hybridized carbons (Fsp3) is 0.286. The summed E-state index contributed by atoms with van der Waals surface area (Å²) >= 11 is 0. The van der Waals surface area contributed by atoms with Gasteiger partial charge in [-0.1, -0.05) is 0 Å². The minimum Gasteiger partial charge on any atom is -0.417 e. The van der Waals surface area contributed by atoms with E-state index in [1.807, 2.05) is 0 Å². The van der Waals surface area contributed by atoms with E-state index in [1.165, 1.54) is 12.5 Å². The lowest BCUT2D eigenvalue weighted by Gasteiger charge is -1.96. The Bertz CT molecular complexity index is 184. The highest BCUT2D eigenvalue weighted by Gasteiger charge is 1.87. The van der Waals surface area contributed by atoms with Gasteiger partial charge >= 0.3 is 0 Å². The third-order valence-corrected chi connectivity index (χ3v) is 1.11. The summed E-state index contributed by atoms with van der Waals surface area (Å²) in [6.07, 6.45) is 4.19. The lowest BCUT2D eigenvalue weighted by molar-refractivity contribution is 0.158. The highest BCUT2D eigenvalue weighted by molar-refractivity contribution is 5.76.